The molecule has 1 rings (SSSR count). The Morgan fingerprint density at radius 3 is 2.33 bits per heavy atom. The highest BCUT2D eigenvalue weighted by atomic mass is 16.6. The first kappa shape index (κ1) is 19.6. The largest absolute Gasteiger partial charge is 0.465 e. The number of esters is 2. The van der Waals surface area contributed by atoms with Gasteiger partial charge < -0.3 is 9.47 Å². The van der Waals surface area contributed by atoms with E-state index in [9.17, 15) is 19.7 Å². The Bertz CT molecular complexity index is 607. The quantitative estimate of drug-likeness (QED) is 0.237. The molecule has 0 N–H and O–H groups in total. The predicted molar refractivity (Wildman–Crippen MR) is 87.5 cm³/mol. The molecule has 0 spiro atoms. The molecule has 0 heterocycles. The Morgan fingerprint density at radius 1 is 1.21 bits per heavy atom. The Balaban J connectivity index is 2.99. The van der Waals surface area contributed by atoms with Gasteiger partial charge in [-0.25, -0.2) is 0 Å². The molecule has 132 valence electrons. The smallest absolute Gasteiger partial charge is 0.328 e. The summed E-state index contributed by atoms with van der Waals surface area (Å²) in [6.07, 6.45) is 0.433. The average Bonchev–Trinajstić information content (AvgIpc) is 2.54. The Labute approximate surface area is 141 Å². The van der Waals surface area contributed by atoms with E-state index < -0.39 is 22.3 Å². The van der Waals surface area contributed by atoms with E-state index in [0.29, 0.717) is 0 Å². The van der Waals surface area contributed by atoms with Gasteiger partial charge in [-0.1, -0.05) is 33.8 Å². The van der Waals surface area contributed by atoms with E-state index in [1.54, 1.807) is 13.8 Å². The van der Waals surface area contributed by atoms with E-state index in [4.69, 9.17) is 9.47 Å². The maximum atomic E-state index is 12.6. The number of carbonyl (C=O) groups is 2. The first-order valence-electron chi connectivity index (χ1n) is 7.90. The lowest BCUT2D eigenvalue weighted by Gasteiger charge is -2.27. The van der Waals surface area contributed by atoms with Gasteiger partial charge in [0.25, 0.3) is 5.69 Å². The number of rotatable bonds is 8. The Hall–Kier alpha value is -2.44. The van der Waals surface area contributed by atoms with Crippen molar-refractivity contribution in [2.75, 3.05) is 6.61 Å². The minimum absolute atomic E-state index is 0.0251. The summed E-state index contributed by atoms with van der Waals surface area (Å²) in [5.74, 6) is -1.22. The second-order valence-electron chi connectivity index (χ2n) is 5.93. The van der Waals surface area contributed by atoms with E-state index in [-0.39, 0.29) is 36.8 Å². The van der Waals surface area contributed by atoms with Crippen molar-refractivity contribution in [1.29, 1.82) is 0 Å². The molecule has 24 heavy (non-hydrogen) atoms. The van der Waals surface area contributed by atoms with Crippen LogP contribution in [0.1, 0.15) is 40.5 Å². The molecular formula is C17H23NO6. The van der Waals surface area contributed by atoms with Crippen molar-refractivity contribution in [3.8, 4) is 5.75 Å². The lowest BCUT2D eigenvalue weighted by atomic mass is 9.82. The van der Waals surface area contributed by atoms with Crippen molar-refractivity contribution in [3.63, 3.8) is 0 Å². The highest BCUT2D eigenvalue weighted by Crippen LogP contribution is 2.31. The van der Waals surface area contributed by atoms with Gasteiger partial charge in [0, 0.05) is 6.07 Å². The SMILES string of the molecule is CCC(CC)(C(=O)OCC(C)C)C(=O)Oc1cccc([N+](=O)[O-])c1. The summed E-state index contributed by atoms with van der Waals surface area (Å²) in [5.41, 5.74) is -1.61. The summed E-state index contributed by atoms with van der Waals surface area (Å²) in [6, 6.07) is 5.28. The molecule has 1 aromatic rings. The third kappa shape index (κ3) is 4.53. The summed E-state index contributed by atoms with van der Waals surface area (Å²) in [4.78, 5) is 35.2. The highest BCUT2D eigenvalue weighted by Gasteiger charge is 2.46. The molecular weight excluding hydrogens is 314 g/mol. The van der Waals surface area contributed by atoms with Gasteiger partial charge in [-0.3, -0.25) is 19.7 Å². The minimum Gasteiger partial charge on any atom is -0.465 e. The first-order valence-corrected chi connectivity index (χ1v) is 7.90. The summed E-state index contributed by atoms with van der Waals surface area (Å²) >= 11 is 0. The molecule has 1 aromatic carbocycles. The number of hydrogen-bond acceptors (Lipinski definition) is 6. The summed E-state index contributed by atoms with van der Waals surface area (Å²) in [6.45, 7) is 7.41. The molecule has 0 radical (unpaired) electrons. The van der Waals surface area contributed by atoms with Crippen LogP contribution in [0, 0.1) is 21.4 Å². The molecule has 0 aromatic heterocycles. The molecule has 0 saturated carbocycles. The first-order chi connectivity index (χ1) is 11.3. The van der Waals surface area contributed by atoms with Crippen LogP contribution in [-0.4, -0.2) is 23.5 Å². The van der Waals surface area contributed by atoms with Gasteiger partial charge in [0.2, 0.25) is 0 Å². The van der Waals surface area contributed by atoms with E-state index in [1.807, 2.05) is 13.8 Å². The Morgan fingerprint density at radius 2 is 1.83 bits per heavy atom. The van der Waals surface area contributed by atoms with Gasteiger partial charge in [-0.2, -0.15) is 0 Å². The van der Waals surface area contributed by atoms with Gasteiger partial charge in [-0.05, 0) is 24.8 Å². The minimum atomic E-state index is -1.42. The molecule has 7 nitrogen and oxygen atoms in total. The molecule has 0 saturated heterocycles. The molecule has 0 aliphatic heterocycles. The Kier molecular flexibility index (Phi) is 6.88. The molecule has 0 amide bonds. The number of nitrogens with zero attached hydrogens (tertiary/aromatic N) is 1. The molecule has 7 heteroatoms. The number of ether oxygens (including phenoxy) is 2. The fraction of sp³-hybridized carbons (Fsp3) is 0.529. The van der Waals surface area contributed by atoms with Crippen LogP contribution in [0.5, 0.6) is 5.75 Å². The van der Waals surface area contributed by atoms with Crippen molar-refractivity contribution in [2.45, 2.75) is 40.5 Å². The van der Waals surface area contributed by atoms with E-state index in [1.165, 1.54) is 18.2 Å². The van der Waals surface area contributed by atoms with Crippen molar-refractivity contribution >= 4 is 17.6 Å². The predicted octanol–water partition coefficient (Wildman–Crippen LogP) is 3.51. The number of hydrogen-bond donors (Lipinski definition) is 0. The second kappa shape index (κ2) is 8.42. The van der Waals surface area contributed by atoms with Gasteiger partial charge >= 0.3 is 11.9 Å². The molecule has 0 bridgehead atoms. The van der Waals surface area contributed by atoms with Crippen LogP contribution < -0.4 is 4.74 Å². The van der Waals surface area contributed by atoms with Crippen molar-refractivity contribution in [3.05, 3.63) is 34.4 Å². The molecule has 0 fully saturated rings. The summed E-state index contributed by atoms with van der Waals surface area (Å²) < 4.78 is 10.5. The van der Waals surface area contributed by atoms with Gasteiger partial charge in [0.1, 0.15) is 5.75 Å². The van der Waals surface area contributed by atoms with Gasteiger partial charge in [-0.15, -0.1) is 0 Å². The van der Waals surface area contributed by atoms with Crippen molar-refractivity contribution < 1.29 is 24.0 Å². The maximum Gasteiger partial charge on any atom is 0.328 e. The molecule has 0 atom stereocenters. The third-order valence-electron chi connectivity index (χ3n) is 3.78. The van der Waals surface area contributed by atoms with Crippen molar-refractivity contribution in [1.82, 2.24) is 0 Å². The van der Waals surface area contributed by atoms with Crippen LogP contribution in [0.3, 0.4) is 0 Å². The lowest BCUT2D eigenvalue weighted by molar-refractivity contribution is -0.384. The third-order valence-corrected chi connectivity index (χ3v) is 3.78. The highest BCUT2D eigenvalue weighted by molar-refractivity contribution is 6.00. The average molecular weight is 337 g/mol. The molecule has 0 aliphatic carbocycles. The zero-order valence-corrected chi connectivity index (χ0v) is 14.4. The number of non-ortho nitro benzene ring substituents is 1. The van der Waals surface area contributed by atoms with Crippen LogP contribution in [0.25, 0.3) is 0 Å². The molecule has 0 aliphatic rings. The standard InChI is InChI=1S/C17H23NO6/c1-5-17(6-2,15(19)23-11-12(3)4)16(20)24-14-9-7-8-13(10-14)18(21)22/h7-10,12H,5-6,11H2,1-4H3. The normalized spacial score (nSPS) is 11.2. The monoisotopic (exact) mass is 337 g/mol. The lowest BCUT2D eigenvalue weighted by Crippen LogP contribution is -2.43. The zero-order valence-electron chi connectivity index (χ0n) is 14.4. The van der Waals surface area contributed by atoms with E-state index in [0.717, 1.165) is 6.07 Å². The van der Waals surface area contributed by atoms with Crippen molar-refractivity contribution in [2.24, 2.45) is 11.3 Å². The fourth-order valence-electron chi connectivity index (χ4n) is 2.16. The second-order valence-corrected chi connectivity index (χ2v) is 5.93. The van der Waals surface area contributed by atoms with Gasteiger partial charge in [0.05, 0.1) is 17.6 Å². The number of nitro benzene ring substituents is 1. The maximum absolute atomic E-state index is 12.6. The number of carbonyl (C=O) groups excluding carboxylic acids is 2. The van der Waals surface area contributed by atoms with E-state index >= 15 is 0 Å². The number of nitro groups is 1. The summed E-state index contributed by atoms with van der Waals surface area (Å²) in [7, 11) is 0. The van der Waals surface area contributed by atoms with Crippen LogP contribution in [0.15, 0.2) is 24.3 Å². The summed E-state index contributed by atoms with van der Waals surface area (Å²) in [5, 5.41) is 10.8. The fourth-order valence-corrected chi connectivity index (χ4v) is 2.16. The van der Waals surface area contributed by atoms with E-state index in [2.05, 4.69) is 0 Å². The zero-order chi connectivity index (χ0) is 18.3. The number of benzene rings is 1. The van der Waals surface area contributed by atoms with Crippen LogP contribution >= 0.6 is 0 Å². The van der Waals surface area contributed by atoms with Crippen LogP contribution in [0.4, 0.5) is 5.69 Å². The van der Waals surface area contributed by atoms with Crippen LogP contribution in [0.2, 0.25) is 0 Å². The van der Waals surface area contributed by atoms with Gasteiger partial charge in [0.15, 0.2) is 5.41 Å². The van der Waals surface area contributed by atoms with Crippen LogP contribution in [-0.2, 0) is 14.3 Å². The topological polar surface area (TPSA) is 95.7 Å². The molecule has 0 unspecified atom stereocenters.